The first-order chi connectivity index (χ1) is 6.72. The van der Waals surface area contributed by atoms with E-state index in [1.165, 1.54) is 5.56 Å². The molecule has 0 saturated carbocycles. The van der Waals surface area contributed by atoms with E-state index in [0.717, 1.165) is 18.9 Å². The standard InChI is InChI=1S/C11H19N3/c1-9(2)6-13-11-5-4-10(7-12-3)8-14-11/h4-5,8-9,12H,6-7H2,1-3H3,(H,13,14). The Morgan fingerprint density at radius 2 is 2.14 bits per heavy atom. The van der Waals surface area contributed by atoms with Gasteiger partial charge in [0.2, 0.25) is 0 Å². The number of aromatic nitrogens is 1. The van der Waals surface area contributed by atoms with E-state index in [1.54, 1.807) is 0 Å². The summed E-state index contributed by atoms with van der Waals surface area (Å²) in [7, 11) is 1.94. The number of pyridine rings is 1. The van der Waals surface area contributed by atoms with Crippen LogP contribution >= 0.6 is 0 Å². The third kappa shape index (κ3) is 3.75. The van der Waals surface area contributed by atoms with Crippen LogP contribution in [0.3, 0.4) is 0 Å². The summed E-state index contributed by atoms with van der Waals surface area (Å²) in [6.45, 7) is 6.21. The number of nitrogens with one attached hydrogen (secondary N) is 2. The molecule has 0 atom stereocenters. The van der Waals surface area contributed by atoms with Crippen molar-refractivity contribution in [2.24, 2.45) is 5.92 Å². The zero-order chi connectivity index (χ0) is 10.4. The predicted molar refractivity (Wildman–Crippen MR) is 60.3 cm³/mol. The van der Waals surface area contributed by atoms with Gasteiger partial charge in [0.1, 0.15) is 5.82 Å². The van der Waals surface area contributed by atoms with E-state index in [-0.39, 0.29) is 0 Å². The van der Waals surface area contributed by atoms with Crippen molar-refractivity contribution in [2.75, 3.05) is 18.9 Å². The van der Waals surface area contributed by atoms with E-state index in [1.807, 2.05) is 19.3 Å². The van der Waals surface area contributed by atoms with Crippen molar-refractivity contribution < 1.29 is 0 Å². The lowest BCUT2D eigenvalue weighted by molar-refractivity contribution is 0.687. The minimum Gasteiger partial charge on any atom is -0.370 e. The Balaban J connectivity index is 2.46. The van der Waals surface area contributed by atoms with Gasteiger partial charge in [0, 0.05) is 19.3 Å². The summed E-state index contributed by atoms with van der Waals surface area (Å²) in [6, 6.07) is 4.11. The van der Waals surface area contributed by atoms with Crippen LogP contribution in [0.4, 0.5) is 5.82 Å². The summed E-state index contributed by atoms with van der Waals surface area (Å²) >= 11 is 0. The molecule has 14 heavy (non-hydrogen) atoms. The van der Waals surface area contributed by atoms with E-state index in [0.29, 0.717) is 5.92 Å². The highest BCUT2D eigenvalue weighted by molar-refractivity contribution is 5.35. The lowest BCUT2D eigenvalue weighted by Crippen LogP contribution is -2.10. The molecule has 1 aromatic heterocycles. The molecule has 3 nitrogen and oxygen atoms in total. The average molecular weight is 193 g/mol. The quantitative estimate of drug-likeness (QED) is 0.749. The second-order valence-corrected chi connectivity index (χ2v) is 3.86. The van der Waals surface area contributed by atoms with Crippen LogP contribution in [0.1, 0.15) is 19.4 Å². The highest BCUT2D eigenvalue weighted by Gasteiger charge is 1.96. The van der Waals surface area contributed by atoms with Crippen LogP contribution < -0.4 is 10.6 Å². The molecule has 0 aliphatic carbocycles. The molecule has 0 spiro atoms. The monoisotopic (exact) mass is 193 g/mol. The molecule has 1 heterocycles. The second-order valence-electron chi connectivity index (χ2n) is 3.86. The molecule has 0 radical (unpaired) electrons. The summed E-state index contributed by atoms with van der Waals surface area (Å²) in [4.78, 5) is 4.32. The lowest BCUT2D eigenvalue weighted by atomic mass is 10.2. The minimum absolute atomic E-state index is 0.647. The minimum atomic E-state index is 0.647. The van der Waals surface area contributed by atoms with E-state index in [4.69, 9.17) is 0 Å². The van der Waals surface area contributed by atoms with Gasteiger partial charge < -0.3 is 10.6 Å². The summed E-state index contributed by atoms with van der Waals surface area (Å²) in [5.74, 6) is 1.60. The van der Waals surface area contributed by atoms with Crippen LogP contribution in [0.25, 0.3) is 0 Å². The first kappa shape index (κ1) is 11.0. The Hall–Kier alpha value is -1.09. The molecule has 78 valence electrons. The Morgan fingerprint density at radius 3 is 2.64 bits per heavy atom. The largest absolute Gasteiger partial charge is 0.370 e. The van der Waals surface area contributed by atoms with Crippen LogP contribution in [0, 0.1) is 5.92 Å². The van der Waals surface area contributed by atoms with Gasteiger partial charge >= 0.3 is 0 Å². The van der Waals surface area contributed by atoms with E-state index in [9.17, 15) is 0 Å². The zero-order valence-electron chi connectivity index (χ0n) is 9.17. The van der Waals surface area contributed by atoms with Gasteiger partial charge in [0.05, 0.1) is 0 Å². The summed E-state index contributed by atoms with van der Waals surface area (Å²) in [5, 5.41) is 6.38. The topological polar surface area (TPSA) is 37.0 Å². The van der Waals surface area contributed by atoms with Crippen molar-refractivity contribution in [3.05, 3.63) is 23.9 Å². The predicted octanol–water partition coefficient (Wildman–Crippen LogP) is 1.87. The maximum atomic E-state index is 4.32. The Morgan fingerprint density at radius 1 is 1.36 bits per heavy atom. The fourth-order valence-corrected chi connectivity index (χ4v) is 1.15. The Kier molecular flexibility index (Phi) is 4.40. The van der Waals surface area contributed by atoms with Gasteiger partial charge in [-0.05, 0) is 24.6 Å². The highest BCUT2D eigenvalue weighted by atomic mass is 15.0. The van der Waals surface area contributed by atoms with Crippen molar-refractivity contribution in [1.82, 2.24) is 10.3 Å². The third-order valence-corrected chi connectivity index (χ3v) is 1.90. The SMILES string of the molecule is CNCc1ccc(NCC(C)C)nc1. The van der Waals surface area contributed by atoms with Crippen molar-refractivity contribution in [3.63, 3.8) is 0 Å². The molecule has 0 saturated heterocycles. The Bertz CT molecular complexity index is 254. The first-order valence-electron chi connectivity index (χ1n) is 5.05. The molecule has 1 rings (SSSR count). The van der Waals surface area contributed by atoms with Gasteiger partial charge in [-0.3, -0.25) is 0 Å². The van der Waals surface area contributed by atoms with Gasteiger partial charge in [-0.25, -0.2) is 4.98 Å². The van der Waals surface area contributed by atoms with Crippen molar-refractivity contribution in [1.29, 1.82) is 0 Å². The van der Waals surface area contributed by atoms with Gasteiger partial charge in [-0.15, -0.1) is 0 Å². The third-order valence-electron chi connectivity index (χ3n) is 1.90. The smallest absolute Gasteiger partial charge is 0.125 e. The Labute approximate surface area is 85.9 Å². The maximum absolute atomic E-state index is 4.32. The van der Waals surface area contributed by atoms with Gasteiger partial charge in [0.15, 0.2) is 0 Å². The maximum Gasteiger partial charge on any atom is 0.125 e. The van der Waals surface area contributed by atoms with E-state index < -0.39 is 0 Å². The summed E-state index contributed by atoms with van der Waals surface area (Å²) in [6.07, 6.45) is 1.90. The van der Waals surface area contributed by atoms with Crippen LogP contribution in [0.2, 0.25) is 0 Å². The van der Waals surface area contributed by atoms with E-state index in [2.05, 4.69) is 35.5 Å². The number of anilines is 1. The number of rotatable bonds is 5. The molecule has 3 heteroatoms. The molecular weight excluding hydrogens is 174 g/mol. The highest BCUT2D eigenvalue weighted by Crippen LogP contribution is 2.05. The second kappa shape index (κ2) is 5.60. The molecule has 0 bridgehead atoms. The summed E-state index contributed by atoms with van der Waals surface area (Å²) in [5.41, 5.74) is 1.21. The first-order valence-corrected chi connectivity index (χ1v) is 5.05. The average Bonchev–Trinajstić information content (AvgIpc) is 2.17. The fraction of sp³-hybridized carbons (Fsp3) is 0.545. The van der Waals surface area contributed by atoms with Crippen molar-refractivity contribution >= 4 is 5.82 Å². The molecule has 2 N–H and O–H groups in total. The van der Waals surface area contributed by atoms with Crippen LogP contribution in [0.5, 0.6) is 0 Å². The van der Waals surface area contributed by atoms with Gasteiger partial charge in [0.25, 0.3) is 0 Å². The molecule has 0 fully saturated rings. The molecule has 0 aromatic carbocycles. The number of nitrogens with zero attached hydrogens (tertiary/aromatic N) is 1. The molecule has 0 aliphatic heterocycles. The van der Waals surface area contributed by atoms with Crippen LogP contribution in [-0.2, 0) is 6.54 Å². The molecular formula is C11H19N3. The normalized spacial score (nSPS) is 10.6. The van der Waals surface area contributed by atoms with Crippen LogP contribution in [0.15, 0.2) is 18.3 Å². The number of hydrogen-bond acceptors (Lipinski definition) is 3. The van der Waals surface area contributed by atoms with Crippen molar-refractivity contribution in [2.45, 2.75) is 20.4 Å². The zero-order valence-corrected chi connectivity index (χ0v) is 9.17. The lowest BCUT2D eigenvalue weighted by Gasteiger charge is -2.08. The van der Waals surface area contributed by atoms with E-state index >= 15 is 0 Å². The molecule has 0 aliphatic rings. The summed E-state index contributed by atoms with van der Waals surface area (Å²) < 4.78 is 0. The fourth-order valence-electron chi connectivity index (χ4n) is 1.15. The van der Waals surface area contributed by atoms with Gasteiger partial charge in [-0.1, -0.05) is 19.9 Å². The van der Waals surface area contributed by atoms with Gasteiger partial charge in [-0.2, -0.15) is 0 Å². The molecule has 0 amide bonds. The molecule has 1 aromatic rings. The number of hydrogen-bond donors (Lipinski definition) is 2. The molecule has 0 unspecified atom stereocenters. The van der Waals surface area contributed by atoms with Crippen LogP contribution in [-0.4, -0.2) is 18.6 Å². The van der Waals surface area contributed by atoms with Crippen molar-refractivity contribution in [3.8, 4) is 0 Å².